The highest BCUT2D eigenvalue weighted by molar-refractivity contribution is 6.27. The number of carbonyl (C=O) groups is 3. The predicted molar refractivity (Wildman–Crippen MR) is 101 cm³/mol. The van der Waals surface area contributed by atoms with Crippen molar-refractivity contribution in [1.29, 1.82) is 5.26 Å². The van der Waals surface area contributed by atoms with Gasteiger partial charge in [0.05, 0.1) is 11.6 Å². The highest BCUT2D eigenvalue weighted by atomic mass is 16.5. The smallest absolute Gasteiger partial charge is 0.414 e. The monoisotopic (exact) mass is 407 g/mol. The summed E-state index contributed by atoms with van der Waals surface area (Å²) in [4.78, 5) is 31.5. The Morgan fingerprint density at radius 3 is 2.41 bits per heavy atom. The van der Waals surface area contributed by atoms with Crippen LogP contribution in [0.4, 0.5) is 0 Å². The van der Waals surface area contributed by atoms with Gasteiger partial charge >= 0.3 is 11.9 Å². The van der Waals surface area contributed by atoms with Gasteiger partial charge in [0.1, 0.15) is 18.5 Å². The van der Waals surface area contributed by atoms with Gasteiger partial charge in [0.2, 0.25) is 5.91 Å². The number of hydrogen-bond acceptors (Lipinski definition) is 7. The summed E-state index contributed by atoms with van der Waals surface area (Å²) in [6.07, 6.45) is 1.94. The molecule has 1 saturated heterocycles. The molecule has 0 spiro atoms. The molecule has 10 nitrogen and oxygen atoms in total. The first-order chi connectivity index (χ1) is 13.8. The van der Waals surface area contributed by atoms with Crippen LogP contribution in [-0.2, 0) is 14.4 Å². The van der Waals surface area contributed by atoms with Gasteiger partial charge in [-0.3, -0.25) is 4.79 Å². The quantitative estimate of drug-likeness (QED) is 0.328. The van der Waals surface area contributed by atoms with Crippen molar-refractivity contribution < 1.29 is 34.4 Å². The molecule has 1 heterocycles. The average Bonchev–Trinajstić information content (AvgIpc) is 3.11. The van der Waals surface area contributed by atoms with Crippen LogP contribution in [0.3, 0.4) is 0 Å². The van der Waals surface area contributed by atoms with Crippen LogP contribution in [0.25, 0.3) is 0 Å². The van der Waals surface area contributed by atoms with Crippen molar-refractivity contribution >= 4 is 17.8 Å². The van der Waals surface area contributed by atoms with Crippen molar-refractivity contribution in [3.05, 3.63) is 29.8 Å². The lowest BCUT2D eigenvalue weighted by Crippen LogP contribution is -2.34. The van der Waals surface area contributed by atoms with E-state index in [2.05, 4.69) is 5.32 Å². The number of amides is 1. The third kappa shape index (κ3) is 10.1. The molecule has 1 unspecified atom stereocenters. The van der Waals surface area contributed by atoms with E-state index in [0.717, 1.165) is 32.5 Å². The summed E-state index contributed by atoms with van der Waals surface area (Å²) in [5, 5.41) is 36.5. The summed E-state index contributed by atoms with van der Waals surface area (Å²) >= 11 is 0. The number of carboxylic acids is 2. The van der Waals surface area contributed by atoms with Crippen molar-refractivity contribution in [2.45, 2.75) is 25.4 Å². The zero-order chi connectivity index (χ0) is 21.6. The van der Waals surface area contributed by atoms with E-state index in [-0.39, 0.29) is 12.5 Å². The average molecular weight is 407 g/mol. The van der Waals surface area contributed by atoms with Gasteiger partial charge < -0.3 is 30.3 Å². The third-order valence-corrected chi connectivity index (χ3v) is 3.94. The number of aliphatic hydroxyl groups is 1. The van der Waals surface area contributed by atoms with Crippen molar-refractivity contribution in [3.8, 4) is 11.8 Å². The van der Waals surface area contributed by atoms with Gasteiger partial charge in [-0.15, -0.1) is 0 Å². The maximum Gasteiger partial charge on any atom is 0.414 e. The van der Waals surface area contributed by atoms with Crippen LogP contribution < -0.4 is 10.1 Å². The van der Waals surface area contributed by atoms with Crippen LogP contribution in [0.2, 0.25) is 0 Å². The number of ether oxygens (including phenoxy) is 1. The molecule has 10 heteroatoms. The van der Waals surface area contributed by atoms with E-state index in [9.17, 15) is 9.90 Å². The number of nitriles is 1. The first kappa shape index (κ1) is 23.9. The fraction of sp³-hybridized carbons (Fsp3) is 0.474. The summed E-state index contributed by atoms with van der Waals surface area (Å²) in [6.45, 7) is 3.06. The Bertz CT molecular complexity index is 704. The van der Waals surface area contributed by atoms with E-state index < -0.39 is 18.0 Å². The number of carboxylic acid groups (broad SMARTS) is 2. The van der Waals surface area contributed by atoms with E-state index in [1.165, 1.54) is 0 Å². The number of rotatable bonds is 9. The minimum atomic E-state index is -1.82. The topological polar surface area (TPSA) is 160 Å². The van der Waals surface area contributed by atoms with E-state index in [1.807, 2.05) is 11.0 Å². The SMILES string of the molecule is N#Cc1ccc(OCC(O)CNCCCN2CCCC2=O)cc1.O=C(O)C(=O)O. The van der Waals surface area contributed by atoms with Crippen LogP contribution in [-0.4, -0.2) is 77.0 Å². The van der Waals surface area contributed by atoms with Crippen molar-refractivity contribution in [3.63, 3.8) is 0 Å². The van der Waals surface area contributed by atoms with Crippen molar-refractivity contribution in [1.82, 2.24) is 10.2 Å². The Balaban J connectivity index is 0.000000612. The maximum absolute atomic E-state index is 11.4. The van der Waals surface area contributed by atoms with Gasteiger partial charge in [0.15, 0.2) is 0 Å². The molecule has 0 aromatic heterocycles. The Morgan fingerprint density at radius 2 is 1.90 bits per heavy atom. The molecule has 1 fully saturated rings. The van der Waals surface area contributed by atoms with Crippen LogP contribution in [0, 0.1) is 11.3 Å². The zero-order valence-corrected chi connectivity index (χ0v) is 15.9. The summed E-state index contributed by atoms with van der Waals surface area (Å²) in [5.41, 5.74) is 0.580. The van der Waals surface area contributed by atoms with Gasteiger partial charge in [0.25, 0.3) is 0 Å². The number of likely N-dealkylation sites (tertiary alicyclic amines) is 1. The largest absolute Gasteiger partial charge is 0.491 e. The number of aliphatic carboxylic acids is 2. The first-order valence-electron chi connectivity index (χ1n) is 9.09. The van der Waals surface area contributed by atoms with E-state index in [1.54, 1.807) is 24.3 Å². The molecule has 0 bridgehead atoms. The van der Waals surface area contributed by atoms with Crippen molar-refractivity contribution in [2.75, 3.05) is 32.8 Å². The van der Waals surface area contributed by atoms with Crippen LogP contribution in [0.15, 0.2) is 24.3 Å². The normalized spacial score (nSPS) is 13.8. The maximum atomic E-state index is 11.4. The second-order valence-electron chi connectivity index (χ2n) is 6.25. The van der Waals surface area contributed by atoms with Crippen LogP contribution in [0.5, 0.6) is 5.75 Å². The zero-order valence-electron chi connectivity index (χ0n) is 15.9. The predicted octanol–water partition coefficient (Wildman–Crippen LogP) is 0.0557. The lowest BCUT2D eigenvalue weighted by atomic mass is 10.2. The molecule has 0 radical (unpaired) electrons. The minimum absolute atomic E-state index is 0.198. The molecular formula is C19H25N3O7. The molecule has 29 heavy (non-hydrogen) atoms. The van der Waals surface area contributed by atoms with Gasteiger partial charge in [0, 0.05) is 26.1 Å². The molecule has 0 aliphatic carbocycles. The highest BCUT2D eigenvalue weighted by Crippen LogP contribution is 2.11. The standard InChI is InChI=1S/C17H23N3O3.C2H2O4/c18-11-14-4-6-16(7-5-14)23-13-15(21)12-19-8-2-10-20-9-1-3-17(20)22;3-1(4)2(5)6/h4-7,15,19,21H,1-3,8-10,12-13H2;(H,3,4)(H,5,6). The van der Waals surface area contributed by atoms with Gasteiger partial charge in [-0.25, -0.2) is 9.59 Å². The second-order valence-corrected chi connectivity index (χ2v) is 6.25. The fourth-order valence-electron chi connectivity index (χ4n) is 2.48. The van der Waals surface area contributed by atoms with E-state index in [0.29, 0.717) is 24.3 Å². The van der Waals surface area contributed by atoms with Gasteiger partial charge in [-0.2, -0.15) is 5.26 Å². The summed E-state index contributed by atoms with van der Waals surface area (Å²) in [7, 11) is 0. The molecule has 1 aliphatic heterocycles. The highest BCUT2D eigenvalue weighted by Gasteiger charge is 2.18. The molecule has 1 aromatic carbocycles. The van der Waals surface area contributed by atoms with Crippen LogP contribution in [0.1, 0.15) is 24.8 Å². The third-order valence-electron chi connectivity index (χ3n) is 3.94. The lowest BCUT2D eigenvalue weighted by Gasteiger charge is -2.16. The number of nitrogens with one attached hydrogen (secondary N) is 1. The molecule has 1 aliphatic rings. The molecule has 2 rings (SSSR count). The molecule has 1 amide bonds. The molecule has 1 atom stereocenters. The minimum Gasteiger partial charge on any atom is -0.491 e. The number of benzene rings is 1. The van der Waals surface area contributed by atoms with Crippen molar-refractivity contribution in [2.24, 2.45) is 0 Å². The second kappa shape index (κ2) is 13.1. The lowest BCUT2D eigenvalue weighted by molar-refractivity contribution is -0.159. The molecular weight excluding hydrogens is 382 g/mol. The van der Waals surface area contributed by atoms with Crippen LogP contribution >= 0.6 is 0 Å². The Hall–Kier alpha value is -3.16. The Labute approximate surface area is 168 Å². The Morgan fingerprint density at radius 1 is 1.24 bits per heavy atom. The van der Waals surface area contributed by atoms with Gasteiger partial charge in [-0.1, -0.05) is 0 Å². The number of nitrogens with zero attached hydrogens (tertiary/aromatic N) is 2. The molecule has 158 valence electrons. The Kier molecular flexibility index (Phi) is 10.8. The number of carbonyl (C=O) groups excluding carboxylic acids is 1. The van der Waals surface area contributed by atoms with Gasteiger partial charge in [-0.05, 0) is 43.7 Å². The van der Waals surface area contributed by atoms with E-state index >= 15 is 0 Å². The molecule has 4 N–H and O–H groups in total. The first-order valence-corrected chi connectivity index (χ1v) is 9.09. The van der Waals surface area contributed by atoms with E-state index in [4.69, 9.17) is 29.8 Å². The fourth-order valence-corrected chi connectivity index (χ4v) is 2.48. The molecule has 0 saturated carbocycles. The summed E-state index contributed by atoms with van der Waals surface area (Å²) < 4.78 is 5.47. The summed E-state index contributed by atoms with van der Waals surface area (Å²) in [5.74, 6) is -2.76. The summed E-state index contributed by atoms with van der Waals surface area (Å²) in [6, 6.07) is 8.83. The molecule has 1 aromatic rings. The number of hydrogen-bond donors (Lipinski definition) is 4. The number of aliphatic hydroxyl groups excluding tert-OH is 1.